The van der Waals surface area contributed by atoms with Crippen molar-refractivity contribution in [3.8, 4) is 5.75 Å². The maximum Gasteiger partial charge on any atom is 0.262 e. The van der Waals surface area contributed by atoms with E-state index in [1.54, 1.807) is 0 Å². The summed E-state index contributed by atoms with van der Waals surface area (Å²) in [6.07, 6.45) is 0. The lowest BCUT2D eigenvalue weighted by atomic mass is 10.1. The molecule has 0 aliphatic rings. The van der Waals surface area contributed by atoms with Crippen LogP contribution in [0.25, 0.3) is 0 Å². The molecule has 2 rings (SSSR count). The van der Waals surface area contributed by atoms with Gasteiger partial charge in [-0.3, -0.25) is 4.79 Å². The number of para-hydroxylation sites is 1. The van der Waals surface area contributed by atoms with Gasteiger partial charge in [-0.15, -0.1) is 0 Å². The highest BCUT2D eigenvalue weighted by Gasteiger charge is 2.09. The molecule has 0 spiro atoms. The lowest BCUT2D eigenvalue weighted by Crippen LogP contribution is -2.21. The SMILES string of the molecule is Cc1cccc(CN)c1OCC(=O)Nc1cccc(Br)c1. The van der Waals surface area contributed by atoms with E-state index in [9.17, 15) is 4.79 Å². The standard InChI is InChI=1S/C16H17BrN2O2/c1-11-4-2-5-12(9-18)16(11)21-10-15(20)19-14-7-3-6-13(17)8-14/h2-8H,9-10,18H2,1H3,(H,19,20). The fourth-order valence-corrected chi connectivity index (χ4v) is 2.38. The molecule has 0 heterocycles. The predicted molar refractivity (Wildman–Crippen MR) is 87.3 cm³/mol. The van der Waals surface area contributed by atoms with Gasteiger partial charge >= 0.3 is 0 Å². The second-order valence-corrected chi connectivity index (χ2v) is 5.53. The van der Waals surface area contributed by atoms with Crippen LogP contribution in [-0.4, -0.2) is 12.5 Å². The van der Waals surface area contributed by atoms with Gasteiger partial charge in [0.05, 0.1) is 0 Å². The van der Waals surface area contributed by atoms with Crippen molar-refractivity contribution in [2.24, 2.45) is 5.73 Å². The van der Waals surface area contributed by atoms with E-state index in [4.69, 9.17) is 10.5 Å². The number of amides is 1. The summed E-state index contributed by atoms with van der Waals surface area (Å²) >= 11 is 3.36. The van der Waals surface area contributed by atoms with Gasteiger partial charge in [-0.2, -0.15) is 0 Å². The molecule has 0 atom stereocenters. The zero-order chi connectivity index (χ0) is 15.2. The Morgan fingerprint density at radius 3 is 2.76 bits per heavy atom. The average Bonchev–Trinajstić information content (AvgIpc) is 2.45. The number of nitrogens with two attached hydrogens (primary N) is 1. The number of carbonyl (C=O) groups excluding carboxylic acids is 1. The van der Waals surface area contributed by atoms with Gasteiger partial charge in [-0.05, 0) is 30.7 Å². The molecule has 21 heavy (non-hydrogen) atoms. The van der Waals surface area contributed by atoms with Gasteiger partial charge in [0.1, 0.15) is 5.75 Å². The molecule has 0 unspecified atom stereocenters. The third-order valence-electron chi connectivity index (χ3n) is 2.97. The number of ether oxygens (including phenoxy) is 1. The largest absolute Gasteiger partial charge is 0.483 e. The van der Waals surface area contributed by atoms with Crippen LogP contribution in [0.3, 0.4) is 0 Å². The lowest BCUT2D eigenvalue weighted by Gasteiger charge is -2.13. The van der Waals surface area contributed by atoms with Crippen LogP contribution in [-0.2, 0) is 11.3 Å². The normalized spacial score (nSPS) is 10.2. The Kier molecular flexibility index (Phi) is 5.36. The zero-order valence-electron chi connectivity index (χ0n) is 11.7. The van der Waals surface area contributed by atoms with Gasteiger partial charge in [0.15, 0.2) is 6.61 Å². The van der Waals surface area contributed by atoms with E-state index in [0.29, 0.717) is 12.3 Å². The molecular weight excluding hydrogens is 332 g/mol. The molecule has 0 bridgehead atoms. The van der Waals surface area contributed by atoms with Crippen LogP contribution in [0.2, 0.25) is 0 Å². The molecule has 3 N–H and O–H groups in total. The van der Waals surface area contributed by atoms with Crippen LogP contribution in [0.4, 0.5) is 5.69 Å². The van der Waals surface area contributed by atoms with E-state index < -0.39 is 0 Å². The first-order valence-corrected chi connectivity index (χ1v) is 7.36. The Bertz CT molecular complexity index is 644. The molecule has 1 amide bonds. The van der Waals surface area contributed by atoms with Crippen molar-refractivity contribution >= 4 is 27.5 Å². The first-order valence-electron chi connectivity index (χ1n) is 6.57. The van der Waals surface area contributed by atoms with E-state index in [1.807, 2.05) is 49.4 Å². The number of carbonyl (C=O) groups is 1. The molecule has 110 valence electrons. The second kappa shape index (κ2) is 7.24. The Balaban J connectivity index is 1.99. The summed E-state index contributed by atoms with van der Waals surface area (Å²) in [5.41, 5.74) is 8.26. The Labute approximate surface area is 132 Å². The highest BCUT2D eigenvalue weighted by molar-refractivity contribution is 9.10. The molecule has 4 nitrogen and oxygen atoms in total. The molecule has 0 fully saturated rings. The maximum atomic E-state index is 11.9. The van der Waals surface area contributed by atoms with Gasteiger partial charge in [-0.25, -0.2) is 0 Å². The van der Waals surface area contributed by atoms with E-state index in [-0.39, 0.29) is 12.5 Å². The number of benzene rings is 2. The fourth-order valence-electron chi connectivity index (χ4n) is 1.98. The molecule has 5 heteroatoms. The molecule has 0 radical (unpaired) electrons. The third-order valence-corrected chi connectivity index (χ3v) is 3.46. The summed E-state index contributed by atoms with van der Waals surface area (Å²) in [5.74, 6) is 0.476. The summed E-state index contributed by atoms with van der Waals surface area (Å²) in [6.45, 7) is 2.26. The van der Waals surface area contributed by atoms with Crippen LogP contribution in [0.1, 0.15) is 11.1 Å². The van der Waals surface area contributed by atoms with E-state index >= 15 is 0 Å². The van der Waals surface area contributed by atoms with Crippen LogP contribution in [0.15, 0.2) is 46.9 Å². The van der Waals surface area contributed by atoms with Crippen LogP contribution in [0.5, 0.6) is 5.75 Å². The van der Waals surface area contributed by atoms with Crippen molar-refractivity contribution in [3.05, 3.63) is 58.1 Å². The second-order valence-electron chi connectivity index (χ2n) is 4.61. The van der Waals surface area contributed by atoms with Gasteiger partial charge in [-0.1, -0.05) is 40.2 Å². The van der Waals surface area contributed by atoms with Crippen molar-refractivity contribution in [2.45, 2.75) is 13.5 Å². The number of anilines is 1. The lowest BCUT2D eigenvalue weighted by molar-refractivity contribution is -0.118. The number of hydrogen-bond acceptors (Lipinski definition) is 3. The highest BCUT2D eigenvalue weighted by Crippen LogP contribution is 2.23. The Morgan fingerprint density at radius 1 is 1.29 bits per heavy atom. The molecule has 0 saturated heterocycles. The molecular formula is C16H17BrN2O2. The van der Waals surface area contributed by atoms with Gasteiger partial charge in [0, 0.05) is 22.3 Å². The number of aryl methyl sites for hydroxylation is 1. The van der Waals surface area contributed by atoms with Crippen molar-refractivity contribution < 1.29 is 9.53 Å². The Hall–Kier alpha value is -1.85. The summed E-state index contributed by atoms with van der Waals surface area (Å²) in [4.78, 5) is 11.9. The van der Waals surface area contributed by atoms with Crippen molar-refractivity contribution in [1.29, 1.82) is 0 Å². The van der Waals surface area contributed by atoms with Crippen molar-refractivity contribution in [3.63, 3.8) is 0 Å². The van der Waals surface area contributed by atoms with E-state index in [2.05, 4.69) is 21.2 Å². The van der Waals surface area contributed by atoms with Gasteiger partial charge < -0.3 is 15.8 Å². The van der Waals surface area contributed by atoms with Gasteiger partial charge in [0.2, 0.25) is 0 Å². The van der Waals surface area contributed by atoms with Crippen LogP contribution < -0.4 is 15.8 Å². The molecule has 2 aromatic rings. The third kappa shape index (κ3) is 4.31. The topological polar surface area (TPSA) is 64.3 Å². The monoisotopic (exact) mass is 348 g/mol. The quantitative estimate of drug-likeness (QED) is 0.871. The number of nitrogens with one attached hydrogen (secondary N) is 1. The highest BCUT2D eigenvalue weighted by atomic mass is 79.9. The summed E-state index contributed by atoms with van der Waals surface area (Å²) in [5, 5.41) is 2.78. The number of halogens is 1. The molecule has 0 aliphatic carbocycles. The van der Waals surface area contributed by atoms with E-state index in [0.717, 1.165) is 21.3 Å². The fraction of sp³-hybridized carbons (Fsp3) is 0.188. The summed E-state index contributed by atoms with van der Waals surface area (Å²) < 4.78 is 6.53. The van der Waals surface area contributed by atoms with Crippen molar-refractivity contribution in [2.75, 3.05) is 11.9 Å². The minimum absolute atomic E-state index is 0.0512. The molecule has 0 saturated carbocycles. The smallest absolute Gasteiger partial charge is 0.262 e. The molecule has 0 aromatic heterocycles. The Morgan fingerprint density at radius 2 is 2.05 bits per heavy atom. The predicted octanol–water partition coefficient (Wildman–Crippen LogP) is 3.23. The zero-order valence-corrected chi connectivity index (χ0v) is 13.3. The summed E-state index contributed by atoms with van der Waals surface area (Å²) in [7, 11) is 0. The number of hydrogen-bond donors (Lipinski definition) is 2. The van der Waals surface area contributed by atoms with Crippen LogP contribution >= 0.6 is 15.9 Å². The minimum Gasteiger partial charge on any atom is -0.483 e. The van der Waals surface area contributed by atoms with Gasteiger partial charge in [0.25, 0.3) is 5.91 Å². The van der Waals surface area contributed by atoms with E-state index in [1.165, 1.54) is 0 Å². The average molecular weight is 349 g/mol. The van der Waals surface area contributed by atoms with Crippen LogP contribution in [0, 0.1) is 6.92 Å². The minimum atomic E-state index is -0.209. The number of rotatable bonds is 5. The molecule has 0 aliphatic heterocycles. The first kappa shape index (κ1) is 15.5. The molecule has 2 aromatic carbocycles. The first-order chi connectivity index (χ1) is 10.1. The maximum absolute atomic E-state index is 11.9. The summed E-state index contributed by atoms with van der Waals surface area (Å²) in [6, 6.07) is 13.2. The van der Waals surface area contributed by atoms with Crippen molar-refractivity contribution in [1.82, 2.24) is 0 Å².